The number of pyridine rings is 1. The Morgan fingerprint density at radius 3 is 2.78 bits per heavy atom. The summed E-state index contributed by atoms with van der Waals surface area (Å²) in [4.78, 5) is 6.81. The summed E-state index contributed by atoms with van der Waals surface area (Å²) in [6, 6.07) is 12.2. The smallest absolute Gasteiger partial charge is 0.161 e. The maximum Gasteiger partial charge on any atom is 0.161 e. The molecule has 2 aliphatic rings. The number of para-hydroxylation sites is 1. The third-order valence-corrected chi connectivity index (χ3v) is 6.22. The molecular formula is C28H32N2O2. The van der Waals surface area contributed by atoms with Gasteiger partial charge in [-0.3, -0.25) is 4.98 Å². The molecule has 2 heterocycles. The lowest BCUT2D eigenvalue weighted by molar-refractivity contribution is 0.281. The van der Waals surface area contributed by atoms with Crippen LogP contribution in [-0.2, 0) is 6.54 Å². The summed E-state index contributed by atoms with van der Waals surface area (Å²) in [6.45, 7) is 10.7. The highest BCUT2D eigenvalue weighted by atomic mass is 16.5. The van der Waals surface area contributed by atoms with E-state index in [4.69, 9.17) is 4.74 Å². The molecule has 0 radical (unpaired) electrons. The number of allylic oxidation sites excluding steroid dienone is 3. The second-order valence-electron chi connectivity index (χ2n) is 8.71. The molecule has 0 fully saturated rings. The van der Waals surface area contributed by atoms with E-state index in [0.717, 1.165) is 64.8 Å². The molecule has 4 nitrogen and oxygen atoms in total. The molecule has 4 heteroatoms. The van der Waals surface area contributed by atoms with Crippen LogP contribution in [0.3, 0.4) is 0 Å². The molecule has 0 saturated carbocycles. The van der Waals surface area contributed by atoms with E-state index in [1.54, 1.807) is 6.08 Å². The second-order valence-corrected chi connectivity index (χ2v) is 8.71. The van der Waals surface area contributed by atoms with Gasteiger partial charge in [0.2, 0.25) is 0 Å². The zero-order valence-corrected chi connectivity index (χ0v) is 19.3. The summed E-state index contributed by atoms with van der Waals surface area (Å²) >= 11 is 0. The predicted octanol–water partition coefficient (Wildman–Crippen LogP) is 7.01. The first-order valence-electron chi connectivity index (χ1n) is 11.3. The Bertz CT molecular complexity index is 1170. The average molecular weight is 429 g/mol. The first-order valence-corrected chi connectivity index (χ1v) is 11.3. The molecule has 1 N–H and O–H groups in total. The molecule has 0 bridgehead atoms. The van der Waals surface area contributed by atoms with Gasteiger partial charge < -0.3 is 14.7 Å². The topological polar surface area (TPSA) is 45.6 Å². The molecule has 1 aromatic heterocycles. The van der Waals surface area contributed by atoms with Crippen molar-refractivity contribution in [2.75, 3.05) is 11.6 Å². The summed E-state index contributed by atoms with van der Waals surface area (Å²) in [5, 5.41) is 11.9. The van der Waals surface area contributed by atoms with Gasteiger partial charge in [-0.2, -0.15) is 0 Å². The molecule has 1 aliphatic heterocycles. The number of ether oxygens (including phenoxy) is 1. The molecule has 0 amide bonds. The normalized spacial score (nSPS) is 17.5. The van der Waals surface area contributed by atoms with Gasteiger partial charge in [-0.1, -0.05) is 35.9 Å². The fraction of sp³-hybridized carbons (Fsp3) is 0.321. The van der Waals surface area contributed by atoms with E-state index in [0.29, 0.717) is 12.5 Å². The van der Waals surface area contributed by atoms with E-state index in [2.05, 4.69) is 48.5 Å². The Balaban J connectivity index is 0.000000775. The number of nitrogens with zero attached hydrogens (tertiary/aromatic N) is 2. The molecule has 32 heavy (non-hydrogen) atoms. The van der Waals surface area contributed by atoms with E-state index in [-0.39, 0.29) is 5.92 Å². The Morgan fingerprint density at radius 1 is 1.22 bits per heavy atom. The van der Waals surface area contributed by atoms with E-state index in [1.807, 2.05) is 37.4 Å². The van der Waals surface area contributed by atoms with Crippen LogP contribution in [0.4, 0.5) is 5.69 Å². The van der Waals surface area contributed by atoms with Gasteiger partial charge >= 0.3 is 0 Å². The van der Waals surface area contributed by atoms with Crippen molar-refractivity contribution in [1.29, 1.82) is 0 Å². The number of aromatic nitrogens is 1. The van der Waals surface area contributed by atoms with E-state index in [9.17, 15) is 5.11 Å². The number of fused-ring (bicyclic) bond motifs is 2. The van der Waals surface area contributed by atoms with Crippen LogP contribution in [0.15, 0.2) is 66.9 Å². The van der Waals surface area contributed by atoms with Crippen LogP contribution in [0.5, 0.6) is 11.5 Å². The predicted molar refractivity (Wildman–Crippen MR) is 132 cm³/mol. The molecule has 3 aromatic rings. The fourth-order valence-corrected chi connectivity index (χ4v) is 4.66. The molecule has 1 atom stereocenters. The summed E-state index contributed by atoms with van der Waals surface area (Å²) < 4.78 is 6.29. The summed E-state index contributed by atoms with van der Waals surface area (Å²) in [7, 11) is 0. The van der Waals surface area contributed by atoms with Gasteiger partial charge in [-0.25, -0.2) is 0 Å². The Kier molecular flexibility index (Phi) is 6.50. The number of aryl methyl sites for hydroxylation is 1. The van der Waals surface area contributed by atoms with Crippen LogP contribution in [-0.4, -0.2) is 16.8 Å². The molecule has 0 spiro atoms. The van der Waals surface area contributed by atoms with Crippen LogP contribution in [0.25, 0.3) is 10.9 Å². The molecule has 1 unspecified atom stereocenters. The third-order valence-electron chi connectivity index (χ3n) is 6.22. The molecule has 2 aromatic carbocycles. The molecule has 1 aliphatic carbocycles. The van der Waals surface area contributed by atoms with Crippen LogP contribution < -0.4 is 9.64 Å². The first-order chi connectivity index (χ1) is 15.5. The van der Waals surface area contributed by atoms with Gasteiger partial charge in [0.25, 0.3) is 0 Å². The van der Waals surface area contributed by atoms with Crippen LogP contribution in [0.2, 0.25) is 0 Å². The van der Waals surface area contributed by atoms with Crippen LogP contribution >= 0.6 is 0 Å². The SMILES string of the molecule is C=CC.CC1=CC(c2c(O)cc(C)c3c2OCN(c2cnc4ccccc4c2)C3)CCC1. The minimum atomic E-state index is 0.229. The van der Waals surface area contributed by atoms with Gasteiger partial charge in [0.15, 0.2) is 6.73 Å². The summed E-state index contributed by atoms with van der Waals surface area (Å²) in [6.07, 6.45) is 9.33. The maximum atomic E-state index is 10.8. The lowest BCUT2D eigenvalue weighted by Crippen LogP contribution is -2.33. The molecule has 166 valence electrons. The highest BCUT2D eigenvalue weighted by Crippen LogP contribution is 2.46. The zero-order valence-electron chi connectivity index (χ0n) is 19.3. The maximum absolute atomic E-state index is 10.8. The number of hydrogen-bond acceptors (Lipinski definition) is 4. The van der Waals surface area contributed by atoms with Crippen LogP contribution in [0.1, 0.15) is 55.7 Å². The highest BCUT2D eigenvalue weighted by molar-refractivity contribution is 5.81. The van der Waals surface area contributed by atoms with Gasteiger partial charge in [0.1, 0.15) is 11.5 Å². The average Bonchev–Trinajstić information content (AvgIpc) is 2.79. The Hall–Kier alpha value is -3.27. The Labute approximate surface area is 190 Å². The van der Waals surface area contributed by atoms with Crippen LogP contribution in [0, 0.1) is 6.92 Å². The van der Waals surface area contributed by atoms with Crippen molar-refractivity contribution in [3.8, 4) is 11.5 Å². The van der Waals surface area contributed by atoms with E-state index >= 15 is 0 Å². The van der Waals surface area contributed by atoms with Crippen molar-refractivity contribution in [2.45, 2.75) is 52.5 Å². The number of aromatic hydroxyl groups is 1. The molecule has 5 rings (SSSR count). The van der Waals surface area contributed by atoms with Crippen molar-refractivity contribution in [1.82, 2.24) is 4.98 Å². The molecular weight excluding hydrogens is 396 g/mol. The van der Waals surface area contributed by atoms with E-state index in [1.165, 1.54) is 5.57 Å². The second kappa shape index (κ2) is 9.47. The highest BCUT2D eigenvalue weighted by Gasteiger charge is 2.29. The van der Waals surface area contributed by atoms with Crippen molar-refractivity contribution < 1.29 is 9.84 Å². The quantitative estimate of drug-likeness (QED) is 0.446. The monoisotopic (exact) mass is 428 g/mol. The van der Waals surface area contributed by atoms with Gasteiger partial charge in [0, 0.05) is 22.4 Å². The number of rotatable bonds is 2. The number of anilines is 1. The molecule has 0 saturated heterocycles. The Morgan fingerprint density at radius 2 is 2.00 bits per heavy atom. The first kappa shape index (κ1) is 21.9. The number of phenols is 1. The minimum absolute atomic E-state index is 0.229. The number of phenolic OH excluding ortho intramolecular Hbond substituents is 1. The van der Waals surface area contributed by atoms with Crippen molar-refractivity contribution in [3.63, 3.8) is 0 Å². The largest absolute Gasteiger partial charge is 0.507 e. The zero-order chi connectivity index (χ0) is 22.7. The fourth-order valence-electron chi connectivity index (χ4n) is 4.66. The number of hydrogen-bond donors (Lipinski definition) is 1. The summed E-state index contributed by atoms with van der Waals surface area (Å²) in [5.41, 5.74) is 6.63. The third kappa shape index (κ3) is 4.36. The van der Waals surface area contributed by atoms with E-state index < -0.39 is 0 Å². The standard InChI is InChI=1S/C25H26N2O2.C3H6/c1-16-6-5-8-19(10-16)24-23(28)11-17(2)21-14-27(15-29-25(21)24)20-12-18-7-3-4-9-22(18)26-13-20;1-3-2/h3-4,7,9-13,19,28H,5-6,8,14-15H2,1-2H3;3H,1H2,2H3. The van der Waals surface area contributed by atoms with Crippen molar-refractivity contribution in [3.05, 3.63) is 83.6 Å². The lowest BCUT2D eigenvalue weighted by atomic mass is 9.83. The van der Waals surface area contributed by atoms with Gasteiger partial charge in [-0.15, -0.1) is 6.58 Å². The minimum Gasteiger partial charge on any atom is -0.507 e. The van der Waals surface area contributed by atoms with Gasteiger partial charge in [0.05, 0.1) is 23.9 Å². The van der Waals surface area contributed by atoms with Gasteiger partial charge in [-0.05, 0) is 63.8 Å². The lowest BCUT2D eigenvalue weighted by Gasteiger charge is -2.34. The van der Waals surface area contributed by atoms with Crippen molar-refractivity contribution in [2.24, 2.45) is 0 Å². The number of benzene rings is 2. The summed E-state index contributed by atoms with van der Waals surface area (Å²) in [5.74, 6) is 1.47. The van der Waals surface area contributed by atoms with Crippen molar-refractivity contribution >= 4 is 16.6 Å².